The molecule has 3 heterocycles. The van der Waals surface area contributed by atoms with Gasteiger partial charge in [-0.1, -0.05) is 97.9 Å². The summed E-state index contributed by atoms with van der Waals surface area (Å²) >= 11 is 0. The second-order valence-electron chi connectivity index (χ2n) is 11.2. The lowest BCUT2D eigenvalue weighted by molar-refractivity contribution is 0.594. The van der Waals surface area contributed by atoms with E-state index in [1.807, 2.05) is 24.4 Å². The molecule has 0 spiro atoms. The summed E-state index contributed by atoms with van der Waals surface area (Å²) in [5, 5.41) is 5.35. The van der Waals surface area contributed by atoms with Gasteiger partial charge in [0.1, 0.15) is 5.82 Å². The predicted octanol–water partition coefficient (Wildman–Crippen LogP) is 8.92. The highest BCUT2D eigenvalue weighted by Crippen LogP contribution is 2.49. The first-order chi connectivity index (χ1) is 21.6. The summed E-state index contributed by atoms with van der Waals surface area (Å²) in [6.07, 6.45) is 2.51. The van der Waals surface area contributed by atoms with Crippen molar-refractivity contribution in [3.8, 4) is 27.9 Å². The largest absolute Gasteiger partial charge is 0.293 e. The number of hydrogen-bond acceptors (Lipinski definition) is 4. The summed E-state index contributed by atoms with van der Waals surface area (Å²) in [4.78, 5) is 10.3. The molecule has 0 saturated carbocycles. The van der Waals surface area contributed by atoms with E-state index in [4.69, 9.17) is 9.97 Å². The average molecular weight is 588 g/mol. The Labute approximate surface area is 254 Å². The van der Waals surface area contributed by atoms with Crippen molar-refractivity contribution >= 4 is 53.3 Å². The van der Waals surface area contributed by atoms with E-state index in [1.165, 1.54) is 0 Å². The molecule has 8 aromatic rings. The maximum absolute atomic E-state index is 14.2. The maximum Gasteiger partial charge on any atom is 0.210 e. The number of imidazole rings is 1. The Bertz CT molecular complexity index is 2560. The number of aryl methyl sites for hydroxylation is 1. The van der Waals surface area contributed by atoms with E-state index in [1.54, 1.807) is 18.2 Å². The van der Waals surface area contributed by atoms with Gasteiger partial charge in [0.2, 0.25) is 9.84 Å². The van der Waals surface area contributed by atoms with E-state index in [-0.39, 0.29) is 0 Å². The molecule has 1 aliphatic heterocycles. The van der Waals surface area contributed by atoms with Gasteiger partial charge >= 0.3 is 0 Å². The molecule has 0 aliphatic carbocycles. The Morgan fingerprint density at radius 3 is 1.93 bits per heavy atom. The number of pyridine rings is 1. The van der Waals surface area contributed by atoms with Crippen molar-refractivity contribution in [2.75, 3.05) is 0 Å². The third-order valence-electron chi connectivity index (χ3n) is 8.93. The zero-order valence-corrected chi connectivity index (χ0v) is 24.6. The zero-order chi connectivity index (χ0) is 29.6. The van der Waals surface area contributed by atoms with Crippen molar-refractivity contribution in [3.05, 3.63) is 127 Å². The molecular formula is C38H25N3O2S. The molecule has 0 saturated heterocycles. The lowest BCUT2D eigenvalue weighted by Gasteiger charge is -2.25. The van der Waals surface area contributed by atoms with Gasteiger partial charge in [-0.05, 0) is 56.9 Å². The quantitative estimate of drug-likeness (QED) is 0.194. The summed E-state index contributed by atoms with van der Waals surface area (Å²) < 4.78 is 30.5. The Morgan fingerprint density at radius 1 is 0.636 bits per heavy atom. The van der Waals surface area contributed by atoms with Crippen LogP contribution in [0.25, 0.3) is 71.4 Å². The average Bonchev–Trinajstić information content (AvgIpc) is 3.45. The van der Waals surface area contributed by atoms with Gasteiger partial charge in [-0.25, -0.2) is 13.4 Å². The number of nitrogens with zero attached hydrogens (tertiary/aromatic N) is 3. The SMILES string of the molecule is CCc1nc2cccc3c2n1-c1c(-c2c4ccccc4c(-c4cccc5cccnc45)c4ccccc24)cccc1S3(=O)=O. The van der Waals surface area contributed by atoms with E-state index < -0.39 is 9.84 Å². The smallest absolute Gasteiger partial charge is 0.210 e. The second kappa shape index (κ2) is 9.09. The standard InChI is InChI=1S/C38H25N3O2S/c1-2-33-40-30-19-9-21-32-38(30)41(33)37-29(18-8-20-31(37)44(32,42)43)35-26-15-5-3-13-24(26)34(25-14-4-6-16-27(25)35)28-17-7-11-23-12-10-22-39-36(23)28/h3-22H,2H2,1H3. The minimum Gasteiger partial charge on any atom is -0.293 e. The normalized spacial score (nSPS) is 13.6. The van der Waals surface area contributed by atoms with Gasteiger partial charge < -0.3 is 0 Å². The van der Waals surface area contributed by atoms with Crippen molar-refractivity contribution in [3.63, 3.8) is 0 Å². The van der Waals surface area contributed by atoms with Gasteiger partial charge in [0.05, 0.1) is 32.0 Å². The molecule has 5 nitrogen and oxygen atoms in total. The van der Waals surface area contributed by atoms with Gasteiger partial charge in [0.25, 0.3) is 0 Å². The topological polar surface area (TPSA) is 64.8 Å². The van der Waals surface area contributed by atoms with Gasteiger partial charge in [-0.2, -0.15) is 0 Å². The van der Waals surface area contributed by atoms with Crippen LogP contribution >= 0.6 is 0 Å². The highest BCUT2D eigenvalue weighted by atomic mass is 32.2. The predicted molar refractivity (Wildman–Crippen MR) is 177 cm³/mol. The molecule has 0 amide bonds. The van der Waals surface area contributed by atoms with Gasteiger partial charge in [0, 0.05) is 29.1 Å². The Balaban J connectivity index is 1.48. The molecule has 0 radical (unpaired) electrons. The maximum atomic E-state index is 14.2. The van der Waals surface area contributed by atoms with Crippen LogP contribution in [0.5, 0.6) is 0 Å². The number of sulfone groups is 1. The molecule has 44 heavy (non-hydrogen) atoms. The molecule has 0 unspecified atom stereocenters. The summed E-state index contributed by atoms with van der Waals surface area (Å²) in [7, 11) is -3.78. The summed E-state index contributed by atoms with van der Waals surface area (Å²) in [6.45, 7) is 2.06. The number of benzene rings is 6. The fourth-order valence-electron chi connectivity index (χ4n) is 7.14. The van der Waals surface area contributed by atoms with Crippen LogP contribution in [0.2, 0.25) is 0 Å². The van der Waals surface area contributed by atoms with E-state index in [0.29, 0.717) is 32.9 Å². The fourth-order valence-corrected chi connectivity index (χ4v) is 8.80. The van der Waals surface area contributed by atoms with Crippen LogP contribution in [-0.4, -0.2) is 23.0 Å². The monoisotopic (exact) mass is 587 g/mol. The minimum atomic E-state index is -3.78. The second-order valence-corrected chi connectivity index (χ2v) is 13.1. The molecule has 9 rings (SSSR count). The molecule has 6 heteroatoms. The number of rotatable bonds is 3. The molecule has 0 atom stereocenters. The van der Waals surface area contributed by atoms with Crippen LogP contribution in [0.15, 0.2) is 131 Å². The number of aromatic nitrogens is 3. The number of para-hydroxylation sites is 3. The minimum absolute atomic E-state index is 0.304. The molecule has 0 N–H and O–H groups in total. The van der Waals surface area contributed by atoms with E-state index in [0.717, 1.165) is 60.5 Å². The highest BCUT2D eigenvalue weighted by Gasteiger charge is 2.35. The fraction of sp³-hybridized carbons (Fsp3) is 0.0526. The van der Waals surface area contributed by atoms with E-state index in [9.17, 15) is 8.42 Å². The third-order valence-corrected chi connectivity index (χ3v) is 10.7. The van der Waals surface area contributed by atoms with Crippen molar-refractivity contribution < 1.29 is 8.42 Å². The van der Waals surface area contributed by atoms with E-state index >= 15 is 0 Å². The van der Waals surface area contributed by atoms with E-state index in [2.05, 4.69) is 90.4 Å². The van der Waals surface area contributed by atoms with Crippen LogP contribution in [0, 0.1) is 0 Å². The lowest BCUT2D eigenvalue weighted by atomic mass is 9.85. The van der Waals surface area contributed by atoms with Crippen LogP contribution in [0.3, 0.4) is 0 Å². The van der Waals surface area contributed by atoms with Crippen molar-refractivity contribution in [1.29, 1.82) is 0 Å². The molecule has 0 bridgehead atoms. The lowest BCUT2D eigenvalue weighted by Crippen LogP contribution is -2.17. The Kier molecular flexibility index (Phi) is 5.20. The number of fused-ring (bicyclic) bond motifs is 5. The molecule has 0 fully saturated rings. The van der Waals surface area contributed by atoms with Crippen LogP contribution in [0.1, 0.15) is 12.7 Å². The van der Waals surface area contributed by atoms with Crippen molar-refractivity contribution in [1.82, 2.24) is 14.5 Å². The molecule has 1 aliphatic rings. The third kappa shape index (κ3) is 3.26. The first kappa shape index (κ1) is 25.2. The van der Waals surface area contributed by atoms with Gasteiger partial charge in [0.15, 0.2) is 0 Å². The van der Waals surface area contributed by atoms with Crippen molar-refractivity contribution in [2.45, 2.75) is 23.1 Å². The van der Waals surface area contributed by atoms with Crippen LogP contribution < -0.4 is 0 Å². The molecule has 210 valence electrons. The summed E-state index contributed by atoms with van der Waals surface area (Å²) in [6, 6.07) is 38.3. The van der Waals surface area contributed by atoms with Crippen molar-refractivity contribution in [2.24, 2.45) is 0 Å². The van der Waals surface area contributed by atoms with Gasteiger partial charge in [-0.15, -0.1) is 0 Å². The summed E-state index contributed by atoms with van der Waals surface area (Å²) in [5.74, 6) is 0.836. The summed E-state index contributed by atoms with van der Waals surface area (Å²) in [5.41, 5.74) is 7.01. The zero-order valence-electron chi connectivity index (χ0n) is 23.8. The molecular weight excluding hydrogens is 563 g/mol. The Hall–Kier alpha value is -5.33. The van der Waals surface area contributed by atoms with Crippen LogP contribution in [-0.2, 0) is 16.3 Å². The molecule has 2 aromatic heterocycles. The highest BCUT2D eigenvalue weighted by molar-refractivity contribution is 7.92. The first-order valence-corrected chi connectivity index (χ1v) is 16.2. The number of hydrogen-bond donors (Lipinski definition) is 0. The molecule has 6 aromatic carbocycles. The first-order valence-electron chi connectivity index (χ1n) is 14.7. The Morgan fingerprint density at radius 2 is 1.23 bits per heavy atom. The van der Waals surface area contributed by atoms with Gasteiger partial charge in [-0.3, -0.25) is 9.55 Å². The van der Waals surface area contributed by atoms with Crippen LogP contribution in [0.4, 0.5) is 0 Å².